The van der Waals surface area contributed by atoms with Crippen LogP contribution in [0.3, 0.4) is 0 Å². The van der Waals surface area contributed by atoms with Crippen molar-refractivity contribution in [3.05, 3.63) is 51.3 Å². The van der Waals surface area contributed by atoms with Crippen LogP contribution in [0.15, 0.2) is 35.7 Å². The average Bonchev–Trinajstić information content (AvgIpc) is 2.48. The maximum atomic E-state index is 12.2. The minimum atomic E-state index is -0.713. The van der Waals surface area contributed by atoms with Crippen molar-refractivity contribution in [2.24, 2.45) is 0 Å². The lowest BCUT2D eigenvalue weighted by Gasteiger charge is -2.36. The number of hydrogen-bond acceptors (Lipinski definition) is 4. The Kier molecular flexibility index (Phi) is 3.84. The van der Waals surface area contributed by atoms with Gasteiger partial charge in [0.1, 0.15) is 5.75 Å². The number of rotatable bonds is 3. The van der Waals surface area contributed by atoms with Crippen LogP contribution in [0.25, 0.3) is 0 Å². The molecule has 2 rings (SSSR count). The lowest BCUT2D eigenvalue weighted by atomic mass is 9.99. The Hall–Kier alpha value is -2.57. The summed E-state index contributed by atoms with van der Waals surface area (Å²) in [5.41, 5.74) is 1.03. The number of carbonyl (C=O) groups is 1. The largest absolute Gasteiger partial charge is 0.497 e. The van der Waals surface area contributed by atoms with Gasteiger partial charge in [-0.3, -0.25) is 15.0 Å². The summed E-state index contributed by atoms with van der Waals surface area (Å²) in [7, 11) is 4.64. The molecule has 112 valence electrons. The maximum absolute atomic E-state index is 12.2. The van der Waals surface area contributed by atoms with Gasteiger partial charge in [-0.1, -0.05) is 12.1 Å². The highest BCUT2D eigenvalue weighted by Gasteiger charge is 2.42. The van der Waals surface area contributed by atoms with Gasteiger partial charge in [0.25, 0.3) is 5.70 Å². The van der Waals surface area contributed by atoms with Crippen LogP contribution >= 0.6 is 0 Å². The number of urea groups is 1. The second-order valence-corrected chi connectivity index (χ2v) is 4.86. The van der Waals surface area contributed by atoms with Crippen LogP contribution in [0.1, 0.15) is 18.5 Å². The van der Waals surface area contributed by atoms with Gasteiger partial charge in [-0.15, -0.1) is 0 Å². The quantitative estimate of drug-likeness (QED) is 0.632. The summed E-state index contributed by atoms with van der Waals surface area (Å²) in [6.07, 6.45) is 0. The third-order valence-electron chi connectivity index (χ3n) is 3.74. The van der Waals surface area contributed by atoms with Crippen LogP contribution in [0.5, 0.6) is 5.75 Å². The number of methoxy groups -OCH3 is 1. The van der Waals surface area contributed by atoms with E-state index in [-0.39, 0.29) is 11.7 Å². The van der Waals surface area contributed by atoms with E-state index in [1.807, 2.05) is 0 Å². The molecule has 0 bridgehead atoms. The molecule has 1 aliphatic heterocycles. The fraction of sp³-hybridized carbons (Fsp3) is 0.357. The summed E-state index contributed by atoms with van der Waals surface area (Å²) < 4.78 is 5.08. The molecule has 0 saturated heterocycles. The topological polar surface area (TPSA) is 75.9 Å². The first-order valence-electron chi connectivity index (χ1n) is 6.38. The molecule has 1 aliphatic rings. The third kappa shape index (κ3) is 2.42. The first-order valence-corrected chi connectivity index (χ1v) is 6.38. The number of nitrogens with zero attached hydrogens (tertiary/aromatic N) is 3. The summed E-state index contributed by atoms with van der Waals surface area (Å²) in [5.74, 6) is 0.656. The van der Waals surface area contributed by atoms with E-state index in [2.05, 4.69) is 0 Å². The molecular weight excluding hydrogens is 274 g/mol. The number of ether oxygens (including phenoxy) is 1. The van der Waals surface area contributed by atoms with Crippen molar-refractivity contribution in [1.82, 2.24) is 9.80 Å². The molecule has 1 heterocycles. The second-order valence-electron chi connectivity index (χ2n) is 4.86. The van der Waals surface area contributed by atoms with Gasteiger partial charge in [0, 0.05) is 14.1 Å². The van der Waals surface area contributed by atoms with Crippen molar-refractivity contribution in [3.63, 3.8) is 0 Å². The van der Waals surface area contributed by atoms with Crippen molar-refractivity contribution in [2.45, 2.75) is 13.0 Å². The predicted octanol–water partition coefficient (Wildman–Crippen LogP) is 2.24. The van der Waals surface area contributed by atoms with E-state index in [1.54, 1.807) is 45.3 Å². The van der Waals surface area contributed by atoms with Gasteiger partial charge in [-0.05, 0) is 24.6 Å². The first-order chi connectivity index (χ1) is 9.88. The molecule has 0 radical (unpaired) electrons. The summed E-state index contributed by atoms with van der Waals surface area (Å²) in [6, 6.07) is 5.91. The van der Waals surface area contributed by atoms with E-state index in [0.29, 0.717) is 17.0 Å². The highest BCUT2D eigenvalue weighted by Crippen LogP contribution is 2.36. The highest BCUT2D eigenvalue weighted by molar-refractivity contribution is 5.78. The molecule has 0 fully saturated rings. The Balaban J connectivity index is 2.56. The van der Waals surface area contributed by atoms with E-state index in [4.69, 9.17) is 4.74 Å². The van der Waals surface area contributed by atoms with E-state index in [0.717, 1.165) is 0 Å². The Morgan fingerprint density at radius 3 is 2.29 bits per heavy atom. The van der Waals surface area contributed by atoms with Crippen LogP contribution in [0, 0.1) is 10.1 Å². The molecule has 7 nitrogen and oxygen atoms in total. The number of allylic oxidation sites excluding steroid dienone is 1. The highest BCUT2D eigenvalue weighted by atomic mass is 16.6. The van der Waals surface area contributed by atoms with Crippen molar-refractivity contribution in [1.29, 1.82) is 0 Å². The van der Waals surface area contributed by atoms with E-state index in [9.17, 15) is 14.9 Å². The maximum Gasteiger partial charge on any atom is 0.324 e. The van der Waals surface area contributed by atoms with Crippen LogP contribution < -0.4 is 4.74 Å². The molecule has 0 spiro atoms. The molecule has 7 heteroatoms. The minimum Gasteiger partial charge on any atom is -0.497 e. The lowest BCUT2D eigenvalue weighted by molar-refractivity contribution is -0.436. The number of carbonyl (C=O) groups excluding carboxylic acids is 1. The minimum absolute atomic E-state index is 0.00441. The van der Waals surface area contributed by atoms with Gasteiger partial charge in [0.2, 0.25) is 0 Å². The van der Waals surface area contributed by atoms with Crippen molar-refractivity contribution < 1.29 is 14.5 Å². The molecule has 1 aromatic rings. The lowest BCUT2D eigenvalue weighted by Crippen LogP contribution is -2.47. The molecular formula is C14H17N3O4. The zero-order chi connectivity index (χ0) is 15.7. The fourth-order valence-corrected chi connectivity index (χ4v) is 2.44. The Morgan fingerprint density at radius 1 is 1.24 bits per heavy atom. The zero-order valence-corrected chi connectivity index (χ0v) is 12.4. The third-order valence-corrected chi connectivity index (χ3v) is 3.74. The average molecular weight is 291 g/mol. The van der Waals surface area contributed by atoms with Crippen molar-refractivity contribution in [2.75, 3.05) is 21.2 Å². The summed E-state index contributed by atoms with van der Waals surface area (Å²) in [4.78, 5) is 25.8. The second kappa shape index (κ2) is 5.43. The monoisotopic (exact) mass is 291 g/mol. The number of nitro groups is 1. The Morgan fingerprint density at radius 2 is 1.81 bits per heavy atom. The molecule has 2 amide bonds. The Labute approximate surface area is 122 Å². The standard InChI is InChI=1S/C14H17N3O4/c1-9-12(17(19)20)13(16(3)14(18)15(9)2)10-5-7-11(21-4)8-6-10/h5-8,13H,1-4H3/t13-/m0/s1. The fourth-order valence-electron chi connectivity index (χ4n) is 2.44. The van der Waals surface area contributed by atoms with E-state index in [1.165, 1.54) is 16.8 Å². The SMILES string of the molecule is COc1ccc([C@H]2C([N+](=O)[O-])=C(C)N(C)C(=O)N2C)cc1. The first kappa shape index (κ1) is 14.8. The van der Waals surface area contributed by atoms with Crippen molar-refractivity contribution >= 4 is 6.03 Å². The molecule has 0 N–H and O–H groups in total. The molecule has 0 saturated carbocycles. The smallest absolute Gasteiger partial charge is 0.324 e. The predicted molar refractivity (Wildman–Crippen MR) is 76.4 cm³/mol. The summed E-state index contributed by atoms with van der Waals surface area (Å²) in [6.45, 7) is 1.58. The van der Waals surface area contributed by atoms with Crippen LogP contribution in [0.4, 0.5) is 4.79 Å². The van der Waals surface area contributed by atoms with Gasteiger partial charge < -0.3 is 9.64 Å². The molecule has 1 atom stereocenters. The van der Waals surface area contributed by atoms with Gasteiger partial charge in [-0.25, -0.2) is 4.79 Å². The normalized spacial score (nSPS) is 19.0. The van der Waals surface area contributed by atoms with Crippen molar-refractivity contribution in [3.8, 4) is 5.75 Å². The van der Waals surface area contributed by atoms with Gasteiger partial charge in [0.15, 0.2) is 6.04 Å². The molecule has 0 aromatic heterocycles. The van der Waals surface area contributed by atoms with Crippen LogP contribution in [-0.4, -0.2) is 42.0 Å². The van der Waals surface area contributed by atoms with Gasteiger partial charge in [-0.2, -0.15) is 0 Å². The number of amides is 2. The summed E-state index contributed by atoms with van der Waals surface area (Å²) in [5, 5.41) is 11.4. The zero-order valence-electron chi connectivity index (χ0n) is 12.4. The number of likely N-dealkylation sites (N-methyl/N-ethyl adjacent to an activating group) is 1. The van der Waals surface area contributed by atoms with Crippen LogP contribution in [-0.2, 0) is 0 Å². The summed E-state index contributed by atoms with van der Waals surface area (Å²) >= 11 is 0. The Bertz CT molecular complexity index is 609. The van der Waals surface area contributed by atoms with E-state index < -0.39 is 11.0 Å². The number of benzene rings is 1. The number of hydrogen-bond donors (Lipinski definition) is 0. The molecule has 0 aliphatic carbocycles. The molecule has 0 unspecified atom stereocenters. The molecule has 1 aromatic carbocycles. The van der Waals surface area contributed by atoms with E-state index >= 15 is 0 Å². The van der Waals surface area contributed by atoms with Gasteiger partial charge >= 0.3 is 6.03 Å². The van der Waals surface area contributed by atoms with Gasteiger partial charge in [0.05, 0.1) is 17.7 Å². The molecule has 21 heavy (non-hydrogen) atoms. The van der Waals surface area contributed by atoms with Crippen LogP contribution in [0.2, 0.25) is 0 Å².